The Morgan fingerprint density at radius 1 is 1.15 bits per heavy atom. The Morgan fingerprint density at radius 2 is 1.74 bits per heavy atom. The Balaban J connectivity index is 2.20. The maximum absolute atomic E-state index is 14.2. The second-order valence-electron chi connectivity index (χ2n) is 11.0. The molecule has 8 nitrogen and oxygen atoms in total. The van der Waals surface area contributed by atoms with Crippen LogP contribution in [-0.4, -0.2) is 47.6 Å². The molecule has 8 heteroatoms. The van der Waals surface area contributed by atoms with E-state index in [0.29, 0.717) is 0 Å². The molecular formula is C26H30O8. The molecule has 1 saturated heterocycles. The molecule has 0 amide bonds. The summed E-state index contributed by atoms with van der Waals surface area (Å²) in [6, 6.07) is 0. The van der Waals surface area contributed by atoms with E-state index in [-0.39, 0.29) is 23.4 Å². The van der Waals surface area contributed by atoms with Crippen LogP contribution in [0, 0.1) is 33.0 Å². The van der Waals surface area contributed by atoms with Crippen molar-refractivity contribution in [2.24, 2.45) is 33.0 Å². The molecular weight excluding hydrogens is 440 g/mol. The fraction of sp³-hybridized carbons (Fsp3) is 0.577. The summed E-state index contributed by atoms with van der Waals surface area (Å²) in [4.78, 5) is 68.0. The van der Waals surface area contributed by atoms with Crippen LogP contribution in [-0.2, 0) is 33.4 Å². The number of carbonyl (C=O) groups is 5. The number of carbonyl (C=O) groups excluding carboxylic acids is 5. The highest BCUT2D eigenvalue weighted by atomic mass is 16.6. The second kappa shape index (κ2) is 6.55. The zero-order valence-corrected chi connectivity index (χ0v) is 20.5. The SMILES string of the molecule is C=C1CC2C3(C)C=CC(=O)C(C)(C)C3=C(O)C(=O)C2(C)C2(C(=O)OC)C(=O)C(C)OC(=O)C12C. The van der Waals surface area contributed by atoms with Gasteiger partial charge in [-0.3, -0.25) is 24.0 Å². The topological polar surface area (TPSA) is 124 Å². The van der Waals surface area contributed by atoms with Crippen molar-refractivity contribution in [1.29, 1.82) is 0 Å². The molecule has 0 aromatic rings. The Bertz CT molecular complexity index is 1170. The first kappa shape index (κ1) is 24.1. The smallest absolute Gasteiger partial charge is 0.322 e. The highest BCUT2D eigenvalue weighted by molar-refractivity contribution is 6.20. The second-order valence-corrected chi connectivity index (χ2v) is 11.0. The number of ketones is 3. The van der Waals surface area contributed by atoms with Gasteiger partial charge in [0.15, 0.2) is 28.8 Å². The van der Waals surface area contributed by atoms with E-state index in [0.717, 1.165) is 7.11 Å². The number of aliphatic hydroxyl groups is 1. The van der Waals surface area contributed by atoms with Gasteiger partial charge in [0, 0.05) is 5.41 Å². The maximum Gasteiger partial charge on any atom is 0.322 e. The fourth-order valence-electron chi connectivity index (χ4n) is 7.49. The Hall–Kier alpha value is -3.03. The number of esters is 2. The van der Waals surface area contributed by atoms with Crippen LogP contribution in [0.3, 0.4) is 0 Å². The van der Waals surface area contributed by atoms with E-state index in [1.807, 2.05) is 0 Å². The van der Waals surface area contributed by atoms with Gasteiger partial charge in [-0.15, -0.1) is 0 Å². The molecule has 2 fully saturated rings. The molecule has 1 heterocycles. The zero-order chi connectivity index (χ0) is 25.8. The van der Waals surface area contributed by atoms with Crippen molar-refractivity contribution >= 4 is 29.3 Å². The molecule has 0 spiro atoms. The van der Waals surface area contributed by atoms with E-state index in [4.69, 9.17) is 9.47 Å². The minimum Gasteiger partial charge on any atom is -0.504 e. The number of hydrogen-bond donors (Lipinski definition) is 1. The quantitative estimate of drug-likeness (QED) is 0.352. The van der Waals surface area contributed by atoms with E-state index in [2.05, 4.69) is 6.58 Å². The summed E-state index contributed by atoms with van der Waals surface area (Å²) in [5.74, 6) is -5.29. The molecule has 182 valence electrons. The van der Waals surface area contributed by atoms with Crippen molar-refractivity contribution in [3.8, 4) is 0 Å². The van der Waals surface area contributed by atoms with Crippen molar-refractivity contribution < 1.29 is 38.6 Å². The Morgan fingerprint density at radius 3 is 2.29 bits per heavy atom. The summed E-state index contributed by atoms with van der Waals surface area (Å²) >= 11 is 0. The minimum absolute atomic E-state index is 0.0795. The van der Waals surface area contributed by atoms with Crippen molar-refractivity contribution in [2.75, 3.05) is 7.11 Å². The number of hydrogen-bond acceptors (Lipinski definition) is 8. The summed E-state index contributed by atoms with van der Waals surface area (Å²) in [5, 5.41) is 11.4. The van der Waals surface area contributed by atoms with Crippen LogP contribution in [0.1, 0.15) is 48.0 Å². The standard InChI is InChI=1S/C26H30O8/c1-12-11-14-23(5)10-9-15(27)22(3,4)17(23)16(28)19(30)25(14,7)26(21(32)33-8)18(29)13(2)34-20(31)24(12,26)6/h9-10,13-14,28H,1,11H2,2-8H3. The normalized spacial score (nSPS) is 43.1. The number of ether oxygens (including phenoxy) is 2. The van der Waals surface area contributed by atoms with Crippen LogP contribution in [0.4, 0.5) is 0 Å². The van der Waals surface area contributed by atoms with Gasteiger partial charge in [-0.25, -0.2) is 0 Å². The molecule has 4 rings (SSSR count). The van der Waals surface area contributed by atoms with Gasteiger partial charge < -0.3 is 14.6 Å². The van der Waals surface area contributed by atoms with Crippen molar-refractivity contribution in [3.63, 3.8) is 0 Å². The lowest BCUT2D eigenvalue weighted by molar-refractivity contribution is -0.222. The monoisotopic (exact) mass is 470 g/mol. The number of fused-ring (bicyclic) bond motifs is 5. The molecule has 0 aromatic heterocycles. The van der Waals surface area contributed by atoms with Crippen LogP contribution in [0.5, 0.6) is 0 Å². The number of Topliss-reactive ketones (excluding diaryl/α,β-unsaturated/α-hetero) is 2. The third-order valence-corrected chi connectivity index (χ3v) is 9.31. The van der Waals surface area contributed by atoms with Crippen LogP contribution < -0.4 is 0 Å². The molecule has 1 N–H and O–H groups in total. The van der Waals surface area contributed by atoms with Gasteiger partial charge >= 0.3 is 11.9 Å². The van der Waals surface area contributed by atoms with Gasteiger partial charge in [0.1, 0.15) is 5.41 Å². The Kier molecular flexibility index (Phi) is 4.64. The first-order valence-corrected chi connectivity index (χ1v) is 11.3. The van der Waals surface area contributed by atoms with E-state index in [1.165, 1.54) is 26.8 Å². The summed E-state index contributed by atoms with van der Waals surface area (Å²) in [6.07, 6.45) is 1.79. The fourth-order valence-corrected chi connectivity index (χ4v) is 7.49. The molecule has 1 aliphatic heterocycles. The zero-order valence-electron chi connectivity index (χ0n) is 20.5. The summed E-state index contributed by atoms with van der Waals surface area (Å²) in [6.45, 7) is 13.3. The third-order valence-electron chi connectivity index (χ3n) is 9.31. The van der Waals surface area contributed by atoms with E-state index >= 15 is 0 Å². The molecule has 6 unspecified atom stereocenters. The number of methoxy groups -OCH3 is 1. The molecule has 0 bridgehead atoms. The molecule has 0 aromatic carbocycles. The third kappa shape index (κ3) is 2.14. The van der Waals surface area contributed by atoms with Crippen LogP contribution in [0.2, 0.25) is 0 Å². The molecule has 34 heavy (non-hydrogen) atoms. The summed E-state index contributed by atoms with van der Waals surface area (Å²) in [5.41, 5.74) is -7.94. The van der Waals surface area contributed by atoms with Crippen LogP contribution >= 0.6 is 0 Å². The number of aliphatic hydroxyl groups excluding tert-OH is 1. The highest BCUT2D eigenvalue weighted by Gasteiger charge is 2.84. The summed E-state index contributed by atoms with van der Waals surface area (Å²) < 4.78 is 10.4. The van der Waals surface area contributed by atoms with Crippen molar-refractivity contribution in [1.82, 2.24) is 0 Å². The van der Waals surface area contributed by atoms with Gasteiger partial charge in [-0.2, -0.15) is 0 Å². The molecule has 0 radical (unpaired) electrons. The van der Waals surface area contributed by atoms with E-state index < -0.39 is 68.4 Å². The predicted octanol–water partition coefficient (Wildman–Crippen LogP) is 2.82. The van der Waals surface area contributed by atoms with Gasteiger partial charge in [0.25, 0.3) is 0 Å². The first-order chi connectivity index (χ1) is 15.5. The lowest BCUT2D eigenvalue weighted by Crippen LogP contribution is -2.77. The van der Waals surface area contributed by atoms with Gasteiger partial charge in [-0.1, -0.05) is 32.1 Å². The largest absolute Gasteiger partial charge is 0.504 e. The van der Waals surface area contributed by atoms with Crippen LogP contribution in [0.25, 0.3) is 0 Å². The molecule has 3 aliphatic carbocycles. The molecule has 6 atom stereocenters. The highest BCUT2D eigenvalue weighted by Crippen LogP contribution is 2.74. The van der Waals surface area contributed by atoms with Gasteiger partial charge in [0.2, 0.25) is 5.78 Å². The van der Waals surface area contributed by atoms with Gasteiger partial charge in [-0.05, 0) is 51.7 Å². The van der Waals surface area contributed by atoms with E-state index in [1.54, 1.807) is 26.8 Å². The molecule has 4 aliphatic rings. The summed E-state index contributed by atoms with van der Waals surface area (Å²) in [7, 11) is 1.09. The number of rotatable bonds is 1. The number of cyclic esters (lactones) is 1. The van der Waals surface area contributed by atoms with E-state index in [9.17, 15) is 29.1 Å². The minimum atomic E-state index is -2.33. The van der Waals surface area contributed by atoms with Crippen LogP contribution in [0.15, 0.2) is 35.6 Å². The number of allylic oxidation sites excluding steroid dienone is 4. The van der Waals surface area contributed by atoms with Gasteiger partial charge in [0.05, 0.1) is 17.9 Å². The lowest BCUT2D eigenvalue weighted by atomic mass is 9.33. The average molecular weight is 471 g/mol. The van der Waals surface area contributed by atoms with Crippen molar-refractivity contribution in [2.45, 2.75) is 54.1 Å². The predicted molar refractivity (Wildman–Crippen MR) is 119 cm³/mol. The first-order valence-electron chi connectivity index (χ1n) is 11.3. The average Bonchev–Trinajstić information content (AvgIpc) is 2.76. The maximum atomic E-state index is 14.2. The Labute approximate surface area is 198 Å². The lowest BCUT2D eigenvalue weighted by Gasteiger charge is -2.66. The van der Waals surface area contributed by atoms with Crippen molar-refractivity contribution in [3.05, 3.63) is 35.6 Å². The molecule has 1 saturated carbocycles.